The lowest BCUT2D eigenvalue weighted by molar-refractivity contribution is -0.119. The molecule has 2 aromatic rings. The van der Waals surface area contributed by atoms with Gasteiger partial charge >= 0.3 is 0 Å². The van der Waals surface area contributed by atoms with Crippen LogP contribution in [0.4, 0.5) is 0 Å². The molecule has 0 saturated heterocycles. The molecule has 2 aromatic heterocycles. The Balaban J connectivity index is 2.12. The highest BCUT2D eigenvalue weighted by Crippen LogP contribution is 2.23. The van der Waals surface area contributed by atoms with Gasteiger partial charge in [-0.15, -0.1) is 0 Å². The van der Waals surface area contributed by atoms with Gasteiger partial charge in [-0.1, -0.05) is 0 Å². The molecule has 0 fully saturated rings. The quantitative estimate of drug-likeness (QED) is 0.571. The first-order chi connectivity index (χ1) is 10.0. The second-order valence-corrected chi connectivity index (χ2v) is 4.81. The molecule has 112 valence electrons. The van der Waals surface area contributed by atoms with Crippen LogP contribution < -0.4 is 5.32 Å². The van der Waals surface area contributed by atoms with Crippen molar-refractivity contribution >= 4 is 23.2 Å². The van der Waals surface area contributed by atoms with Gasteiger partial charge in [0.2, 0.25) is 5.91 Å². The number of hydrogen-bond acceptors (Lipinski definition) is 5. The SMILES string of the molecule is CC(=O)NCCC(O)C(O)c1cnc2[nH]cc(C=O)c2c1. The normalized spacial score (nSPS) is 13.9. The number of aromatic nitrogens is 2. The topological polar surface area (TPSA) is 115 Å². The fourth-order valence-electron chi connectivity index (χ4n) is 2.08. The zero-order valence-electron chi connectivity index (χ0n) is 11.5. The Bertz CT molecular complexity index is 653. The van der Waals surface area contributed by atoms with E-state index in [0.29, 0.717) is 28.4 Å². The third-order valence-electron chi connectivity index (χ3n) is 3.23. The van der Waals surface area contributed by atoms with Crippen LogP contribution in [-0.4, -0.2) is 45.0 Å². The summed E-state index contributed by atoms with van der Waals surface area (Å²) >= 11 is 0. The molecular weight excluding hydrogens is 274 g/mol. The lowest BCUT2D eigenvalue weighted by Crippen LogP contribution is -2.27. The number of aliphatic hydroxyl groups is 2. The highest BCUT2D eigenvalue weighted by Gasteiger charge is 2.19. The van der Waals surface area contributed by atoms with E-state index >= 15 is 0 Å². The first-order valence-electron chi connectivity index (χ1n) is 6.55. The van der Waals surface area contributed by atoms with Crippen molar-refractivity contribution in [2.45, 2.75) is 25.6 Å². The molecule has 4 N–H and O–H groups in total. The lowest BCUT2D eigenvalue weighted by atomic mass is 10.0. The van der Waals surface area contributed by atoms with Crippen molar-refractivity contribution in [2.75, 3.05) is 6.54 Å². The fourth-order valence-corrected chi connectivity index (χ4v) is 2.08. The third-order valence-corrected chi connectivity index (χ3v) is 3.23. The van der Waals surface area contributed by atoms with E-state index in [1.54, 1.807) is 6.07 Å². The molecule has 0 spiro atoms. The monoisotopic (exact) mass is 291 g/mol. The van der Waals surface area contributed by atoms with Gasteiger partial charge in [0.05, 0.1) is 6.10 Å². The van der Waals surface area contributed by atoms with E-state index < -0.39 is 12.2 Å². The number of carbonyl (C=O) groups is 2. The van der Waals surface area contributed by atoms with Crippen molar-refractivity contribution in [3.8, 4) is 0 Å². The van der Waals surface area contributed by atoms with Gasteiger partial charge in [-0.2, -0.15) is 0 Å². The minimum absolute atomic E-state index is 0.192. The van der Waals surface area contributed by atoms with Crippen LogP contribution in [0.1, 0.15) is 35.4 Å². The highest BCUT2D eigenvalue weighted by atomic mass is 16.3. The first-order valence-corrected chi connectivity index (χ1v) is 6.55. The molecule has 1 amide bonds. The third kappa shape index (κ3) is 3.45. The summed E-state index contributed by atoms with van der Waals surface area (Å²) in [6.45, 7) is 1.65. The standard InChI is InChI=1S/C14H17N3O4/c1-8(19)15-3-2-12(20)13(21)9-4-11-10(7-18)6-17-14(11)16-5-9/h4-7,12-13,20-21H,2-3H2,1H3,(H,15,19)(H,16,17). The maximum Gasteiger partial charge on any atom is 0.216 e. The predicted octanol–water partition coefficient (Wildman–Crippen LogP) is 0.296. The van der Waals surface area contributed by atoms with E-state index in [9.17, 15) is 19.8 Å². The Morgan fingerprint density at radius 2 is 2.29 bits per heavy atom. The van der Waals surface area contributed by atoms with Gasteiger partial charge in [-0.05, 0) is 12.5 Å². The number of rotatable bonds is 6. The maximum absolute atomic E-state index is 10.9. The van der Waals surface area contributed by atoms with Crippen LogP contribution in [0.2, 0.25) is 0 Å². The number of fused-ring (bicyclic) bond motifs is 1. The first kappa shape index (κ1) is 15.1. The zero-order chi connectivity index (χ0) is 15.4. The molecule has 0 aliphatic carbocycles. The van der Waals surface area contributed by atoms with Gasteiger partial charge in [0.25, 0.3) is 0 Å². The van der Waals surface area contributed by atoms with Crippen LogP contribution >= 0.6 is 0 Å². The number of nitrogens with one attached hydrogen (secondary N) is 2. The van der Waals surface area contributed by atoms with E-state index in [2.05, 4.69) is 15.3 Å². The molecule has 2 rings (SSSR count). The summed E-state index contributed by atoms with van der Waals surface area (Å²) in [6, 6.07) is 1.62. The molecule has 2 heterocycles. The molecule has 7 heteroatoms. The minimum atomic E-state index is -1.13. The summed E-state index contributed by atoms with van der Waals surface area (Å²) in [5.74, 6) is -0.192. The molecular formula is C14H17N3O4. The highest BCUT2D eigenvalue weighted by molar-refractivity contribution is 5.95. The van der Waals surface area contributed by atoms with Crippen molar-refractivity contribution in [1.29, 1.82) is 0 Å². The van der Waals surface area contributed by atoms with Gasteiger partial charge in [-0.3, -0.25) is 9.59 Å². The molecule has 0 aliphatic heterocycles. The molecule has 0 aliphatic rings. The number of nitrogens with zero attached hydrogens (tertiary/aromatic N) is 1. The summed E-state index contributed by atoms with van der Waals surface area (Å²) in [7, 11) is 0. The van der Waals surface area contributed by atoms with Gasteiger partial charge in [-0.25, -0.2) is 4.98 Å². The second-order valence-electron chi connectivity index (χ2n) is 4.81. The summed E-state index contributed by atoms with van der Waals surface area (Å²) in [4.78, 5) is 28.6. The number of aliphatic hydroxyl groups excluding tert-OH is 2. The molecule has 2 unspecified atom stereocenters. The van der Waals surface area contributed by atoms with E-state index in [4.69, 9.17) is 0 Å². The Morgan fingerprint density at radius 1 is 1.52 bits per heavy atom. The van der Waals surface area contributed by atoms with Crippen LogP contribution in [0.25, 0.3) is 11.0 Å². The van der Waals surface area contributed by atoms with Gasteiger partial charge < -0.3 is 20.5 Å². The van der Waals surface area contributed by atoms with Gasteiger partial charge in [0.1, 0.15) is 11.8 Å². The molecule has 0 aromatic carbocycles. The average molecular weight is 291 g/mol. The van der Waals surface area contributed by atoms with Crippen molar-refractivity contribution in [2.24, 2.45) is 0 Å². The second kappa shape index (κ2) is 6.47. The van der Waals surface area contributed by atoms with Crippen LogP contribution in [0.15, 0.2) is 18.5 Å². The van der Waals surface area contributed by atoms with Crippen LogP contribution in [0, 0.1) is 0 Å². The maximum atomic E-state index is 10.9. The van der Waals surface area contributed by atoms with Crippen LogP contribution in [-0.2, 0) is 4.79 Å². The van der Waals surface area contributed by atoms with Crippen molar-refractivity contribution in [3.63, 3.8) is 0 Å². The number of carbonyl (C=O) groups excluding carboxylic acids is 2. The van der Waals surface area contributed by atoms with E-state index in [-0.39, 0.29) is 18.9 Å². The van der Waals surface area contributed by atoms with E-state index in [0.717, 1.165) is 0 Å². The summed E-state index contributed by atoms with van der Waals surface area (Å²) < 4.78 is 0. The van der Waals surface area contributed by atoms with Crippen molar-refractivity contribution in [3.05, 3.63) is 29.6 Å². The summed E-state index contributed by atoms with van der Waals surface area (Å²) in [6.07, 6.45) is 1.73. The Morgan fingerprint density at radius 3 is 2.95 bits per heavy atom. The van der Waals surface area contributed by atoms with Crippen LogP contribution in [0.5, 0.6) is 0 Å². The molecule has 0 saturated carbocycles. The van der Waals surface area contributed by atoms with E-state index in [1.807, 2.05) is 0 Å². The van der Waals surface area contributed by atoms with Crippen LogP contribution in [0.3, 0.4) is 0 Å². The number of H-pyrrole nitrogens is 1. The Kier molecular flexibility index (Phi) is 4.66. The Labute approximate surface area is 121 Å². The van der Waals surface area contributed by atoms with Crippen molar-refractivity contribution < 1.29 is 19.8 Å². The number of aromatic amines is 1. The lowest BCUT2D eigenvalue weighted by Gasteiger charge is -2.18. The van der Waals surface area contributed by atoms with E-state index in [1.165, 1.54) is 19.3 Å². The Hall–Kier alpha value is -2.25. The van der Waals surface area contributed by atoms with Gasteiger partial charge in [0.15, 0.2) is 6.29 Å². The number of hydrogen-bond donors (Lipinski definition) is 4. The average Bonchev–Trinajstić information content (AvgIpc) is 2.88. The summed E-state index contributed by atoms with van der Waals surface area (Å²) in [5, 5.41) is 23.2. The molecule has 7 nitrogen and oxygen atoms in total. The summed E-state index contributed by atoms with van der Waals surface area (Å²) in [5.41, 5.74) is 1.40. The van der Waals surface area contributed by atoms with Crippen molar-refractivity contribution in [1.82, 2.24) is 15.3 Å². The predicted molar refractivity (Wildman–Crippen MR) is 75.7 cm³/mol. The molecule has 0 radical (unpaired) electrons. The zero-order valence-corrected chi connectivity index (χ0v) is 11.5. The molecule has 0 bridgehead atoms. The number of aldehydes is 1. The molecule has 21 heavy (non-hydrogen) atoms. The van der Waals surface area contributed by atoms with Gasteiger partial charge in [0, 0.05) is 42.4 Å². The number of amides is 1. The minimum Gasteiger partial charge on any atom is -0.390 e. The number of pyridine rings is 1. The fraction of sp³-hybridized carbons (Fsp3) is 0.357. The largest absolute Gasteiger partial charge is 0.390 e. The molecule has 2 atom stereocenters. The smallest absolute Gasteiger partial charge is 0.216 e.